The van der Waals surface area contributed by atoms with Crippen LogP contribution in [0.3, 0.4) is 0 Å². The smallest absolute Gasteiger partial charge is 0.277 e. The average molecular weight is 941 g/mol. The van der Waals surface area contributed by atoms with Crippen LogP contribution < -0.4 is 33.6 Å². The van der Waals surface area contributed by atoms with E-state index >= 15 is 0 Å². The van der Waals surface area contributed by atoms with Gasteiger partial charge in [0.1, 0.15) is 57.9 Å². The standard InChI is InChI=1S/C24H24F3N5O2.C24H22F3N5O2/c2*1-13-4-9-16(25)11-17(13)23(34)30-12-14-5-7-15(8-6-14)20-19(22(29)33)21(28)32(31-20)18-3-2-10-24(18,26)27/h4-9,11,18H,2-3,10,12,28H2,1H3,(H2,29,33)(H,30,34);2-9,11,18H,10,12,28H2,1H3,(H2,29,33)(H,30,34). The summed E-state index contributed by atoms with van der Waals surface area (Å²) in [6, 6.07) is 18.6. The highest BCUT2D eigenvalue weighted by Crippen LogP contribution is 2.46. The number of halogens is 6. The molecule has 0 radical (unpaired) electrons. The van der Waals surface area contributed by atoms with Crippen LogP contribution in [0.4, 0.5) is 38.0 Å². The molecule has 0 spiro atoms. The third-order valence-electron chi connectivity index (χ3n) is 11.8. The molecule has 354 valence electrons. The first-order chi connectivity index (χ1) is 32.2. The Balaban J connectivity index is 0.000000201. The minimum Gasteiger partial charge on any atom is -0.383 e. The van der Waals surface area contributed by atoms with Crippen LogP contribution in [0.5, 0.6) is 0 Å². The van der Waals surface area contributed by atoms with Crippen molar-refractivity contribution in [2.24, 2.45) is 11.5 Å². The van der Waals surface area contributed by atoms with Gasteiger partial charge in [0.25, 0.3) is 35.5 Å². The van der Waals surface area contributed by atoms with Crippen molar-refractivity contribution < 1.29 is 45.5 Å². The summed E-state index contributed by atoms with van der Waals surface area (Å²) in [5.41, 5.74) is 27.1. The van der Waals surface area contributed by atoms with Crippen molar-refractivity contribution in [1.82, 2.24) is 30.2 Å². The molecule has 6 aromatic rings. The largest absolute Gasteiger partial charge is 0.383 e. The molecule has 2 aliphatic rings. The number of benzene rings is 4. The first-order valence-corrected chi connectivity index (χ1v) is 21.2. The second-order valence-electron chi connectivity index (χ2n) is 16.5. The van der Waals surface area contributed by atoms with Gasteiger partial charge in [0.15, 0.2) is 0 Å². The lowest BCUT2D eigenvalue weighted by Crippen LogP contribution is -2.27. The maximum atomic E-state index is 14.3. The van der Waals surface area contributed by atoms with Gasteiger partial charge in [0.2, 0.25) is 0 Å². The molecule has 2 atom stereocenters. The molecule has 0 aliphatic heterocycles. The van der Waals surface area contributed by atoms with Crippen molar-refractivity contribution in [2.75, 3.05) is 11.5 Å². The highest BCUT2D eigenvalue weighted by Gasteiger charge is 2.47. The third kappa shape index (κ3) is 9.93. The van der Waals surface area contributed by atoms with Crippen molar-refractivity contribution in [2.45, 2.75) is 76.5 Å². The maximum absolute atomic E-state index is 14.3. The number of hydrogen-bond donors (Lipinski definition) is 6. The number of aryl methyl sites for hydroxylation is 2. The van der Waals surface area contributed by atoms with Gasteiger partial charge < -0.3 is 33.6 Å². The van der Waals surface area contributed by atoms with E-state index in [9.17, 15) is 45.5 Å². The summed E-state index contributed by atoms with van der Waals surface area (Å²) < 4.78 is 86.0. The zero-order chi connectivity index (χ0) is 49.2. The predicted molar refractivity (Wildman–Crippen MR) is 241 cm³/mol. The fraction of sp³-hybridized carbons (Fsp3) is 0.250. The van der Waals surface area contributed by atoms with Crippen LogP contribution >= 0.6 is 0 Å². The number of carbonyl (C=O) groups excluding carboxylic acids is 4. The van der Waals surface area contributed by atoms with Crippen LogP contribution in [-0.2, 0) is 13.1 Å². The summed E-state index contributed by atoms with van der Waals surface area (Å²) in [5.74, 6) is -10.1. The molecular formula is C48H46F6N10O4. The lowest BCUT2D eigenvalue weighted by atomic mass is 10.0. The zero-order valence-electron chi connectivity index (χ0n) is 36.6. The number of amides is 4. The Morgan fingerprint density at radius 1 is 0.662 bits per heavy atom. The Hall–Kier alpha value is -7.90. The summed E-state index contributed by atoms with van der Waals surface area (Å²) in [7, 11) is 0. The van der Waals surface area contributed by atoms with Crippen LogP contribution in [0.25, 0.3) is 22.5 Å². The number of rotatable bonds is 12. The molecule has 2 aromatic heterocycles. The van der Waals surface area contributed by atoms with Gasteiger partial charge >= 0.3 is 0 Å². The number of hydrogen-bond acceptors (Lipinski definition) is 8. The van der Waals surface area contributed by atoms with E-state index in [0.29, 0.717) is 34.2 Å². The number of aromatic nitrogens is 4. The average Bonchev–Trinajstić information content (AvgIpc) is 4.04. The fourth-order valence-electron chi connectivity index (χ4n) is 8.11. The molecule has 8 rings (SSSR count). The summed E-state index contributed by atoms with van der Waals surface area (Å²) in [5, 5.41) is 13.9. The van der Waals surface area contributed by atoms with E-state index in [2.05, 4.69) is 20.8 Å². The topological polar surface area (TPSA) is 232 Å². The Kier molecular flexibility index (Phi) is 13.5. The lowest BCUT2D eigenvalue weighted by molar-refractivity contribution is -0.0336. The van der Waals surface area contributed by atoms with E-state index in [-0.39, 0.29) is 71.2 Å². The predicted octanol–water partition coefficient (Wildman–Crippen LogP) is 7.71. The first-order valence-electron chi connectivity index (χ1n) is 21.2. The Labute approximate surface area is 385 Å². The van der Waals surface area contributed by atoms with Crippen molar-refractivity contribution in [3.05, 3.63) is 153 Å². The van der Waals surface area contributed by atoms with Gasteiger partial charge in [-0.3, -0.25) is 19.2 Å². The second kappa shape index (κ2) is 19.1. The van der Waals surface area contributed by atoms with Crippen molar-refractivity contribution in [1.29, 1.82) is 0 Å². The number of nitrogen functional groups attached to an aromatic ring is 2. The van der Waals surface area contributed by atoms with E-state index in [1.807, 2.05) is 0 Å². The molecule has 0 saturated heterocycles. The summed E-state index contributed by atoms with van der Waals surface area (Å²) in [6.07, 6.45) is 2.43. The van der Waals surface area contributed by atoms with Crippen molar-refractivity contribution >= 4 is 35.3 Å². The van der Waals surface area contributed by atoms with Gasteiger partial charge in [0.05, 0.1) is 0 Å². The molecule has 10 N–H and O–H groups in total. The van der Waals surface area contributed by atoms with Gasteiger partial charge in [-0.25, -0.2) is 35.7 Å². The van der Waals surface area contributed by atoms with Crippen LogP contribution in [0.2, 0.25) is 0 Å². The van der Waals surface area contributed by atoms with Crippen LogP contribution in [0.15, 0.2) is 97.1 Å². The monoisotopic (exact) mass is 940 g/mol. The van der Waals surface area contributed by atoms with Crippen molar-refractivity contribution in [3.8, 4) is 22.5 Å². The first kappa shape index (κ1) is 48.0. The van der Waals surface area contributed by atoms with Crippen molar-refractivity contribution in [3.63, 3.8) is 0 Å². The SMILES string of the molecule is Cc1ccc(F)cc1C(=O)NCc1ccc(-c2nn(C3C=CCC3(F)F)c(N)c2C(N)=O)cc1.Cc1ccc(F)cc1C(=O)NCc1ccc(-c2nn(C3CCCC3(F)F)c(N)c2C(N)=O)cc1. The number of anilines is 2. The molecule has 4 amide bonds. The van der Waals surface area contributed by atoms with Crippen LogP contribution in [0.1, 0.15) is 101 Å². The maximum Gasteiger partial charge on any atom is 0.277 e. The van der Waals surface area contributed by atoms with E-state index < -0.39 is 65.6 Å². The van der Waals surface area contributed by atoms with Gasteiger partial charge in [-0.05, 0) is 73.2 Å². The number of allylic oxidation sites excluding steroid dienone is 2. The number of carbonyl (C=O) groups is 4. The summed E-state index contributed by atoms with van der Waals surface area (Å²) in [6.45, 7) is 3.75. The normalized spacial score (nSPS) is 16.8. The molecule has 1 fully saturated rings. The van der Waals surface area contributed by atoms with E-state index in [0.717, 1.165) is 14.9 Å². The van der Waals surface area contributed by atoms with Crippen LogP contribution in [0, 0.1) is 25.5 Å². The highest BCUT2D eigenvalue weighted by molar-refractivity contribution is 6.04. The Morgan fingerprint density at radius 3 is 1.50 bits per heavy atom. The molecule has 14 nitrogen and oxygen atoms in total. The van der Waals surface area contributed by atoms with Crippen LogP contribution in [-0.4, -0.2) is 55.0 Å². The third-order valence-corrected chi connectivity index (χ3v) is 11.8. The highest BCUT2D eigenvalue weighted by atomic mass is 19.3. The lowest BCUT2D eigenvalue weighted by Gasteiger charge is -2.20. The number of nitrogens with zero attached hydrogens (tertiary/aromatic N) is 4. The van der Waals surface area contributed by atoms with Gasteiger partial charge in [0, 0.05) is 48.2 Å². The van der Waals surface area contributed by atoms with Gasteiger partial charge in [-0.15, -0.1) is 0 Å². The molecular weight excluding hydrogens is 895 g/mol. The molecule has 2 heterocycles. The minimum atomic E-state index is -3.09. The quantitative estimate of drug-likeness (QED) is 0.0524. The molecule has 20 heteroatoms. The number of nitrogens with one attached hydrogen (secondary N) is 2. The number of primary amides is 2. The summed E-state index contributed by atoms with van der Waals surface area (Å²) >= 11 is 0. The number of nitrogens with two attached hydrogens (primary N) is 4. The Bertz CT molecular complexity index is 2950. The zero-order valence-corrected chi connectivity index (χ0v) is 36.6. The van der Waals surface area contributed by atoms with Gasteiger partial charge in [-0.2, -0.15) is 10.2 Å². The molecule has 4 aromatic carbocycles. The molecule has 0 bridgehead atoms. The molecule has 2 unspecified atom stereocenters. The fourth-order valence-corrected chi connectivity index (χ4v) is 8.11. The molecule has 2 aliphatic carbocycles. The van der Waals surface area contributed by atoms with Gasteiger partial charge in [-0.1, -0.05) is 72.8 Å². The minimum absolute atomic E-state index is 0.0899. The summed E-state index contributed by atoms with van der Waals surface area (Å²) in [4.78, 5) is 48.9. The Morgan fingerprint density at radius 2 is 1.10 bits per heavy atom. The van der Waals surface area contributed by atoms with E-state index in [1.165, 1.54) is 48.6 Å². The van der Waals surface area contributed by atoms with E-state index in [1.54, 1.807) is 62.4 Å². The molecule has 1 saturated carbocycles. The van der Waals surface area contributed by atoms with E-state index in [4.69, 9.17) is 22.9 Å². The molecule has 68 heavy (non-hydrogen) atoms. The number of alkyl halides is 4. The second-order valence-corrected chi connectivity index (χ2v) is 16.5.